The molecule has 3 aromatic rings. The van der Waals surface area contributed by atoms with Crippen molar-refractivity contribution in [1.82, 2.24) is 0 Å². The third-order valence-corrected chi connectivity index (χ3v) is 3.69. The van der Waals surface area contributed by atoms with Crippen LogP contribution in [-0.4, -0.2) is 11.8 Å². The second-order valence-electron chi connectivity index (χ2n) is 5.95. The number of hydrogen-bond donors (Lipinski definition) is 0. The lowest BCUT2D eigenvalue weighted by atomic mass is 10.0. The van der Waals surface area contributed by atoms with Crippen LogP contribution in [0.2, 0.25) is 0 Å². The summed E-state index contributed by atoms with van der Waals surface area (Å²) < 4.78 is 6.02. The Morgan fingerprint density at radius 3 is 2.67 bits per heavy atom. The normalized spacial score (nSPS) is 12.5. The van der Waals surface area contributed by atoms with Crippen molar-refractivity contribution in [2.24, 2.45) is 4.99 Å². The van der Waals surface area contributed by atoms with Crippen LogP contribution in [0.15, 0.2) is 58.5 Å². The second-order valence-corrected chi connectivity index (χ2v) is 5.95. The topological polar surface area (TPSA) is 25.5 Å². The number of benzene rings is 2. The summed E-state index contributed by atoms with van der Waals surface area (Å²) in [7, 11) is 0. The van der Waals surface area contributed by atoms with Gasteiger partial charge in [0.1, 0.15) is 11.2 Å². The Morgan fingerprint density at radius 2 is 1.90 bits per heavy atom. The molecule has 2 heteroatoms. The Morgan fingerprint density at radius 1 is 1.14 bits per heavy atom. The van der Waals surface area contributed by atoms with Crippen molar-refractivity contribution in [1.29, 1.82) is 0 Å². The van der Waals surface area contributed by atoms with Crippen LogP contribution in [0.5, 0.6) is 0 Å². The first-order valence-electron chi connectivity index (χ1n) is 7.11. The van der Waals surface area contributed by atoms with Crippen LogP contribution in [0, 0.1) is 6.92 Å². The lowest BCUT2D eigenvalue weighted by Gasteiger charge is -2.12. The molecule has 0 fully saturated rings. The van der Waals surface area contributed by atoms with Crippen LogP contribution in [-0.2, 0) is 0 Å². The summed E-state index contributed by atoms with van der Waals surface area (Å²) in [6.07, 6.45) is 3.73. The standard InChI is InChI=1S/C19H19NO/c1-5-19(3,4)20-12-14-10-13(2)11-16-15-8-6-7-9-17(15)21-18(14)16/h5-12H,1H2,2-4H3. The zero-order valence-electron chi connectivity index (χ0n) is 12.7. The SMILES string of the molecule is C=CC(C)(C)N=Cc1cc(C)cc2c1oc1ccccc12. The predicted molar refractivity (Wildman–Crippen MR) is 90.3 cm³/mol. The molecule has 0 N–H and O–H groups in total. The lowest BCUT2D eigenvalue weighted by molar-refractivity contribution is 0.660. The summed E-state index contributed by atoms with van der Waals surface area (Å²) in [5, 5.41) is 2.29. The van der Waals surface area contributed by atoms with Gasteiger partial charge < -0.3 is 4.42 Å². The van der Waals surface area contributed by atoms with Crippen LogP contribution in [0.25, 0.3) is 21.9 Å². The van der Waals surface area contributed by atoms with E-state index >= 15 is 0 Å². The second kappa shape index (κ2) is 4.88. The minimum Gasteiger partial charge on any atom is -0.455 e. The van der Waals surface area contributed by atoms with E-state index in [9.17, 15) is 0 Å². The fourth-order valence-corrected chi connectivity index (χ4v) is 2.39. The van der Waals surface area contributed by atoms with Gasteiger partial charge in [0, 0.05) is 22.6 Å². The fraction of sp³-hybridized carbons (Fsp3) is 0.211. The molecule has 0 unspecified atom stereocenters. The molecule has 0 atom stereocenters. The van der Waals surface area contributed by atoms with E-state index in [1.54, 1.807) is 0 Å². The summed E-state index contributed by atoms with van der Waals surface area (Å²) in [6.45, 7) is 9.98. The lowest BCUT2D eigenvalue weighted by Crippen LogP contribution is -2.11. The van der Waals surface area contributed by atoms with Crippen molar-refractivity contribution in [3.8, 4) is 0 Å². The number of aliphatic imine (C=N–C) groups is 1. The zero-order valence-corrected chi connectivity index (χ0v) is 12.7. The first-order chi connectivity index (χ1) is 10.00. The molecular weight excluding hydrogens is 258 g/mol. The number of fused-ring (bicyclic) bond motifs is 3. The van der Waals surface area contributed by atoms with Gasteiger partial charge in [0.2, 0.25) is 0 Å². The van der Waals surface area contributed by atoms with Gasteiger partial charge in [0.25, 0.3) is 0 Å². The summed E-state index contributed by atoms with van der Waals surface area (Å²) in [5.74, 6) is 0. The third-order valence-electron chi connectivity index (χ3n) is 3.69. The quantitative estimate of drug-likeness (QED) is 0.472. The molecule has 0 bridgehead atoms. The van der Waals surface area contributed by atoms with E-state index in [2.05, 4.69) is 36.7 Å². The van der Waals surface area contributed by atoms with Gasteiger partial charge in [-0.15, -0.1) is 6.58 Å². The fourth-order valence-electron chi connectivity index (χ4n) is 2.39. The van der Waals surface area contributed by atoms with Crippen molar-refractivity contribution in [2.75, 3.05) is 0 Å². The highest BCUT2D eigenvalue weighted by molar-refractivity contribution is 6.10. The molecule has 0 aliphatic rings. The third kappa shape index (κ3) is 2.49. The molecule has 1 aromatic heterocycles. The minimum absolute atomic E-state index is 0.276. The summed E-state index contributed by atoms with van der Waals surface area (Å²) >= 11 is 0. The number of nitrogens with zero attached hydrogens (tertiary/aromatic N) is 1. The highest BCUT2D eigenvalue weighted by Gasteiger charge is 2.12. The average molecular weight is 277 g/mol. The molecule has 2 aromatic carbocycles. The van der Waals surface area contributed by atoms with Crippen LogP contribution in [0.4, 0.5) is 0 Å². The molecule has 0 saturated heterocycles. The number of aryl methyl sites for hydroxylation is 1. The summed E-state index contributed by atoms with van der Waals surface area (Å²) in [5.41, 5.74) is 3.74. The highest BCUT2D eigenvalue weighted by atomic mass is 16.3. The van der Waals surface area contributed by atoms with Crippen LogP contribution < -0.4 is 0 Å². The number of furan rings is 1. The minimum atomic E-state index is -0.276. The Bertz CT molecular complexity index is 853. The average Bonchev–Trinajstić information content (AvgIpc) is 2.84. The molecule has 0 amide bonds. The van der Waals surface area contributed by atoms with Crippen molar-refractivity contribution in [3.63, 3.8) is 0 Å². The van der Waals surface area contributed by atoms with E-state index in [0.29, 0.717) is 0 Å². The van der Waals surface area contributed by atoms with Crippen molar-refractivity contribution in [2.45, 2.75) is 26.3 Å². The molecule has 2 nitrogen and oxygen atoms in total. The van der Waals surface area contributed by atoms with Gasteiger partial charge in [-0.25, -0.2) is 0 Å². The van der Waals surface area contributed by atoms with E-state index < -0.39 is 0 Å². The zero-order chi connectivity index (χ0) is 15.0. The molecule has 1 heterocycles. The van der Waals surface area contributed by atoms with Crippen LogP contribution in [0.1, 0.15) is 25.0 Å². The Labute approximate surface area is 124 Å². The van der Waals surface area contributed by atoms with Crippen LogP contribution in [0.3, 0.4) is 0 Å². The molecule has 0 spiro atoms. The van der Waals surface area contributed by atoms with Gasteiger partial charge in [0.15, 0.2) is 0 Å². The van der Waals surface area contributed by atoms with Gasteiger partial charge in [0.05, 0.1) is 5.54 Å². The summed E-state index contributed by atoms with van der Waals surface area (Å²) in [6, 6.07) is 12.4. The highest BCUT2D eigenvalue weighted by Crippen LogP contribution is 2.31. The van der Waals surface area contributed by atoms with E-state index in [-0.39, 0.29) is 5.54 Å². The molecule has 0 radical (unpaired) electrons. The molecule has 106 valence electrons. The van der Waals surface area contributed by atoms with E-state index in [0.717, 1.165) is 27.5 Å². The maximum atomic E-state index is 6.02. The number of hydrogen-bond acceptors (Lipinski definition) is 2. The maximum Gasteiger partial charge on any atom is 0.144 e. The smallest absolute Gasteiger partial charge is 0.144 e. The Kier molecular flexibility index (Phi) is 3.17. The van der Waals surface area contributed by atoms with E-state index in [1.165, 1.54) is 5.56 Å². The number of para-hydroxylation sites is 1. The van der Waals surface area contributed by atoms with Gasteiger partial charge in [-0.2, -0.15) is 0 Å². The molecule has 21 heavy (non-hydrogen) atoms. The monoisotopic (exact) mass is 277 g/mol. The van der Waals surface area contributed by atoms with Crippen molar-refractivity contribution >= 4 is 28.2 Å². The Balaban J connectivity index is 2.25. The van der Waals surface area contributed by atoms with Gasteiger partial charge in [-0.1, -0.05) is 24.3 Å². The van der Waals surface area contributed by atoms with Gasteiger partial charge in [-0.05, 0) is 44.5 Å². The van der Waals surface area contributed by atoms with Gasteiger partial charge in [-0.3, -0.25) is 4.99 Å². The largest absolute Gasteiger partial charge is 0.455 e. The van der Waals surface area contributed by atoms with Gasteiger partial charge >= 0.3 is 0 Å². The molecule has 0 saturated carbocycles. The number of rotatable bonds is 3. The van der Waals surface area contributed by atoms with E-state index in [1.807, 2.05) is 44.3 Å². The predicted octanol–water partition coefficient (Wildman–Crippen LogP) is 5.28. The van der Waals surface area contributed by atoms with E-state index in [4.69, 9.17) is 4.42 Å². The molecule has 0 aliphatic carbocycles. The first kappa shape index (κ1) is 13.6. The van der Waals surface area contributed by atoms with Crippen molar-refractivity contribution < 1.29 is 4.42 Å². The molecule has 0 aliphatic heterocycles. The van der Waals surface area contributed by atoms with Crippen LogP contribution >= 0.6 is 0 Å². The Hall–Kier alpha value is -2.35. The summed E-state index contributed by atoms with van der Waals surface area (Å²) in [4.78, 5) is 4.60. The molecule has 3 rings (SSSR count). The first-order valence-corrected chi connectivity index (χ1v) is 7.11. The van der Waals surface area contributed by atoms with Crippen molar-refractivity contribution in [3.05, 3.63) is 60.2 Å². The maximum absolute atomic E-state index is 6.02. The molecular formula is C19H19NO.